The maximum absolute atomic E-state index is 11.8. The predicted molar refractivity (Wildman–Crippen MR) is 96.0 cm³/mol. The van der Waals surface area contributed by atoms with Gasteiger partial charge in [0.2, 0.25) is 5.91 Å². The Morgan fingerprint density at radius 3 is 2.52 bits per heavy atom. The van der Waals surface area contributed by atoms with Crippen LogP contribution in [-0.2, 0) is 4.79 Å². The van der Waals surface area contributed by atoms with Crippen LogP contribution in [0.5, 0.6) is 5.75 Å². The van der Waals surface area contributed by atoms with E-state index in [2.05, 4.69) is 17.5 Å². The molecule has 0 atom stereocenters. The van der Waals surface area contributed by atoms with E-state index < -0.39 is 0 Å². The molecule has 1 rings (SSSR count). The highest BCUT2D eigenvalue weighted by atomic mass is 16.5. The Morgan fingerprint density at radius 2 is 1.83 bits per heavy atom. The number of carbonyl (C=O) groups excluding carboxylic acids is 1. The van der Waals surface area contributed by atoms with Crippen LogP contribution in [0.2, 0.25) is 0 Å². The third-order valence-corrected chi connectivity index (χ3v) is 3.84. The second-order valence-corrected chi connectivity index (χ2v) is 5.84. The summed E-state index contributed by atoms with van der Waals surface area (Å²) in [6.45, 7) is 4.10. The SMILES string of the molecule is CCCCCCCCCC(=O)N/N=C(\C)c1cccc(OC)c1. The van der Waals surface area contributed by atoms with Crippen molar-refractivity contribution >= 4 is 11.6 Å². The minimum atomic E-state index is -0.0131. The smallest absolute Gasteiger partial charge is 0.240 e. The van der Waals surface area contributed by atoms with Gasteiger partial charge in [0, 0.05) is 12.0 Å². The summed E-state index contributed by atoms with van der Waals surface area (Å²) in [6.07, 6.45) is 9.00. The van der Waals surface area contributed by atoms with Crippen LogP contribution in [0.4, 0.5) is 0 Å². The lowest BCUT2D eigenvalue weighted by Gasteiger charge is -2.05. The second kappa shape index (κ2) is 11.7. The Hall–Kier alpha value is -1.84. The number of hydrogen-bond acceptors (Lipinski definition) is 3. The first kappa shape index (κ1) is 19.2. The summed E-state index contributed by atoms with van der Waals surface area (Å²) >= 11 is 0. The van der Waals surface area contributed by atoms with Crippen molar-refractivity contribution in [2.75, 3.05) is 7.11 Å². The molecule has 0 radical (unpaired) electrons. The van der Waals surface area contributed by atoms with Crippen molar-refractivity contribution in [1.29, 1.82) is 0 Å². The zero-order chi connectivity index (χ0) is 16.9. The molecule has 0 saturated heterocycles. The van der Waals surface area contributed by atoms with E-state index in [0.717, 1.165) is 29.9 Å². The Morgan fingerprint density at radius 1 is 1.13 bits per heavy atom. The van der Waals surface area contributed by atoms with Crippen molar-refractivity contribution in [3.05, 3.63) is 29.8 Å². The maximum atomic E-state index is 11.8. The molecule has 1 aromatic rings. The largest absolute Gasteiger partial charge is 0.497 e. The fourth-order valence-corrected chi connectivity index (χ4v) is 2.36. The van der Waals surface area contributed by atoms with Gasteiger partial charge in [-0.05, 0) is 25.5 Å². The number of rotatable bonds is 11. The lowest BCUT2D eigenvalue weighted by atomic mass is 10.1. The van der Waals surface area contributed by atoms with Crippen molar-refractivity contribution in [3.8, 4) is 5.75 Å². The second-order valence-electron chi connectivity index (χ2n) is 5.84. The number of hydrazone groups is 1. The molecule has 4 heteroatoms. The normalized spacial score (nSPS) is 11.3. The van der Waals surface area contributed by atoms with Gasteiger partial charge in [-0.3, -0.25) is 4.79 Å². The van der Waals surface area contributed by atoms with Crippen LogP contribution >= 0.6 is 0 Å². The molecular formula is C19H30N2O2. The molecule has 0 unspecified atom stereocenters. The summed E-state index contributed by atoms with van der Waals surface area (Å²) in [5.41, 5.74) is 4.36. The number of amides is 1. The Labute approximate surface area is 140 Å². The highest BCUT2D eigenvalue weighted by molar-refractivity contribution is 5.99. The van der Waals surface area contributed by atoms with Gasteiger partial charge in [0.1, 0.15) is 5.75 Å². The van der Waals surface area contributed by atoms with Crippen molar-refractivity contribution < 1.29 is 9.53 Å². The van der Waals surface area contributed by atoms with Crippen LogP contribution in [0, 0.1) is 0 Å². The average molecular weight is 318 g/mol. The van der Waals surface area contributed by atoms with Gasteiger partial charge in [0.25, 0.3) is 0 Å². The first-order valence-corrected chi connectivity index (χ1v) is 8.65. The molecule has 0 spiro atoms. The summed E-state index contributed by atoms with van der Waals surface area (Å²) in [6, 6.07) is 7.65. The number of hydrogen-bond donors (Lipinski definition) is 1. The molecule has 0 saturated carbocycles. The predicted octanol–water partition coefficient (Wildman–Crippen LogP) is 4.68. The van der Waals surface area contributed by atoms with E-state index in [1.807, 2.05) is 31.2 Å². The summed E-state index contributed by atoms with van der Waals surface area (Å²) in [7, 11) is 1.63. The van der Waals surface area contributed by atoms with Crippen LogP contribution in [0.15, 0.2) is 29.4 Å². The van der Waals surface area contributed by atoms with E-state index in [1.165, 1.54) is 32.1 Å². The Bertz CT molecular complexity index is 498. The molecule has 0 bridgehead atoms. The zero-order valence-electron chi connectivity index (χ0n) is 14.7. The molecule has 0 aliphatic rings. The molecule has 128 valence electrons. The van der Waals surface area contributed by atoms with Crippen LogP contribution < -0.4 is 10.2 Å². The lowest BCUT2D eigenvalue weighted by Crippen LogP contribution is -2.18. The monoisotopic (exact) mass is 318 g/mol. The van der Waals surface area contributed by atoms with E-state index >= 15 is 0 Å². The van der Waals surface area contributed by atoms with Gasteiger partial charge >= 0.3 is 0 Å². The fourth-order valence-electron chi connectivity index (χ4n) is 2.36. The molecule has 1 aromatic carbocycles. The first-order valence-electron chi connectivity index (χ1n) is 8.65. The van der Waals surface area contributed by atoms with Gasteiger partial charge in [0.05, 0.1) is 12.8 Å². The van der Waals surface area contributed by atoms with Crippen molar-refractivity contribution in [2.24, 2.45) is 5.10 Å². The summed E-state index contributed by atoms with van der Waals surface area (Å²) in [5, 5.41) is 4.17. The number of nitrogens with one attached hydrogen (secondary N) is 1. The number of nitrogens with zero attached hydrogens (tertiary/aromatic N) is 1. The van der Waals surface area contributed by atoms with Gasteiger partial charge < -0.3 is 4.74 Å². The van der Waals surface area contributed by atoms with Crippen molar-refractivity contribution in [3.63, 3.8) is 0 Å². The molecule has 0 aliphatic heterocycles. The number of benzene rings is 1. The summed E-state index contributed by atoms with van der Waals surface area (Å²) in [5.74, 6) is 0.771. The minimum absolute atomic E-state index is 0.0131. The van der Waals surface area contributed by atoms with E-state index in [4.69, 9.17) is 4.74 Å². The van der Waals surface area contributed by atoms with Gasteiger partial charge in [-0.15, -0.1) is 0 Å². The van der Waals surface area contributed by atoms with Crippen LogP contribution in [-0.4, -0.2) is 18.7 Å². The maximum Gasteiger partial charge on any atom is 0.240 e. The minimum Gasteiger partial charge on any atom is -0.497 e. The average Bonchev–Trinajstić information content (AvgIpc) is 2.58. The van der Waals surface area contributed by atoms with Gasteiger partial charge in [0.15, 0.2) is 0 Å². The molecule has 4 nitrogen and oxygen atoms in total. The fraction of sp³-hybridized carbons (Fsp3) is 0.579. The number of methoxy groups -OCH3 is 1. The lowest BCUT2D eigenvalue weighted by molar-refractivity contribution is -0.121. The number of carbonyl (C=O) groups is 1. The van der Waals surface area contributed by atoms with Crippen LogP contribution in [0.1, 0.15) is 70.8 Å². The van der Waals surface area contributed by atoms with E-state index in [1.54, 1.807) is 7.11 Å². The van der Waals surface area contributed by atoms with Crippen molar-refractivity contribution in [2.45, 2.75) is 65.2 Å². The standard InChI is InChI=1S/C19H30N2O2/c1-4-5-6-7-8-9-10-14-19(22)21-20-16(2)17-12-11-13-18(15-17)23-3/h11-13,15H,4-10,14H2,1-3H3,(H,21,22)/b20-16+. The topological polar surface area (TPSA) is 50.7 Å². The van der Waals surface area contributed by atoms with Crippen molar-refractivity contribution in [1.82, 2.24) is 5.43 Å². The molecule has 1 N–H and O–H groups in total. The van der Waals surface area contributed by atoms with Gasteiger partial charge in [-0.2, -0.15) is 5.10 Å². The van der Waals surface area contributed by atoms with Crippen LogP contribution in [0.3, 0.4) is 0 Å². The number of unbranched alkanes of at least 4 members (excludes halogenated alkanes) is 6. The van der Waals surface area contributed by atoms with Crippen LogP contribution in [0.25, 0.3) is 0 Å². The molecule has 0 aliphatic carbocycles. The highest BCUT2D eigenvalue weighted by Crippen LogP contribution is 2.13. The molecule has 0 aromatic heterocycles. The molecule has 1 amide bonds. The number of ether oxygens (including phenoxy) is 1. The van der Waals surface area contributed by atoms with Gasteiger partial charge in [-0.25, -0.2) is 5.43 Å². The molecular weight excluding hydrogens is 288 g/mol. The third-order valence-electron chi connectivity index (χ3n) is 3.84. The van der Waals surface area contributed by atoms with E-state index in [-0.39, 0.29) is 5.91 Å². The van der Waals surface area contributed by atoms with E-state index in [9.17, 15) is 4.79 Å². The summed E-state index contributed by atoms with van der Waals surface area (Å²) < 4.78 is 5.19. The first-order chi connectivity index (χ1) is 11.2. The molecule has 0 heterocycles. The zero-order valence-corrected chi connectivity index (χ0v) is 14.7. The van der Waals surface area contributed by atoms with Gasteiger partial charge in [-0.1, -0.05) is 57.6 Å². The van der Waals surface area contributed by atoms with E-state index in [0.29, 0.717) is 6.42 Å². The highest BCUT2D eigenvalue weighted by Gasteiger charge is 2.02. The third kappa shape index (κ3) is 8.38. The molecule has 23 heavy (non-hydrogen) atoms. The Kier molecular flexibility index (Phi) is 9.76. The molecule has 0 fully saturated rings. The summed E-state index contributed by atoms with van der Waals surface area (Å²) in [4.78, 5) is 11.8. The quantitative estimate of drug-likeness (QED) is 0.366. The Balaban J connectivity index is 2.25.